The largest absolute Gasteiger partial charge is 0.309 e. The van der Waals surface area contributed by atoms with Crippen LogP contribution in [0.2, 0.25) is 0 Å². The van der Waals surface area contributed by atoms with Gasteiger partial charge < -0.3 is 4.57 Å². The van der Waals surface area contributed by atoms with Gasteiger partial charge in [0.1, 0.15) is 0 Å². The third-order valence-corrected chi connectivity index (χ3v) is 4.19. The van der Waals surface area contributed by atoms with Crippen molar-refractivity contribution in [3.05, 3.63) is 84.4 Å². The number of aryl methyl sites for hydroxylation is 1. The number of fused-ring (bicyclic) bond motifs is 3. The van der Waals surface area contributed by atoms with Crippen LogP contribution in [0.25, 0.3) is 33.6 Å². The molecule has 0 bridgehead atoms. The van der Waals surface area contributed by atoms with Crippen molar-refractivity contribution in [2.75, 3.05) is 0 Å². The maximum atomic E-state index is 3.89. The Bertz CT molecular complexity index is 991. The van der Waals surface area contributed by atoms with Crippen molar-refractivity contribution in [2.24, 2.45) is 0 Å². The Balaban J connectivity index is 2.20. The molecule has 0 unspecified atom stereocenters. The van der Waals surface area contributed by atoms with Gasteiger partial charge in [0.2, 0.25) is 0 Å². The third-order valence-electron chi connectivity index (χ3n) is 4.19. The highest BCUT2D eigenvalue weighted by atomic mass is 15.0. The van der Waals surface area contributed by atoms with Gasteiger partial charge in [-0.05, 0) is 48.9 Å². The Labute approximate surface area is 130 Å². The Kier molecular flexibility index (Phi) is 2.87. The average Bonchev–Trinajstić information content (AvgIpc) is 2.88. The summed E-state index contributed by atoms with van der Waals surface area (Å²) in [7, 11) is 0. The second-order valence-corrected chi connectivity index (χ2v) is 5.67. The van der Waals surface area contributed by atoms with E-state index in [2.05, 4.69) is 84.8 Å². The van der Waals surface area contributed by atoms with Gasteiger partial charge in [-0.25, -0.2) is 0 Å². The van der Waals surface area contributed by atoms with E-state index < -0.39 is 0 Å². The van der Waals surface area contributed by atoms with Gasteiger partial charge in [0, 0.05) is 16.5 Å². The normalized spacial score (nSPS) is 11.1. The molecule has 1 heterocycles. The van der Waals surface area contributed by atoms with Crippen molar-refractivity contribution in [3.8, 4) is 5.69 Å². The number of hydrogen-bond acceptors (Lipinski definition) is 0. The number of hydrogen-bond donors (Lipinski definition) is 0. The van der Waals surface area contributed by atoms with E-state index in [9.17, 15) is 0 Å². The predicted octanol–water partition coefficient (Wildman–Crippen LogP) is 5.74. The lowest BCUT2D eigenvalue weighted by Crippen LogP contribution is -1.92. The molecule has 0 fully saturated rings. The van der Waals surface area contributed by atoms with Gasteiger partial charge in [0.25, 0.3) is 0 Å². The fourth-order valence-electron chi connectivity index (χ4n) is 3.14. The van der Waals surface area contributed by atoms with Gasteiger partial charge in [-0.15, -0.1) is 0 Å². The molecule has 0 amide bonds. The number of aromatic nitrogens is 1. The molecule has 1 heteroatoms. The lowest BCUT2D eigenvalue weighted by atomic mass is 10.1. The molecule has 22 heavy (non-hydrogen) atoms. The van der Waals surface area contributed by atoms with Crippen LogP contribution in [0.1, 0.15) is 11.1 Å². The van der Waals surface area contributed by atoms with Gasteiger partial charge >= 0.3 is 0 Å². The quantitative estimate of drug-likeness (QED) is 0.442. The number of benzene rings is 3. The van der Waals surface area contributed by atoms with E-state index in [-0.39, 0.29) is 0 Å². The van der Waals surface area contributed by atoms with E-state index in [4.69, 9.17) is 0 Å². The molecule has 1 aromatic heterocycles. The maximum Gasteiger partial charge on any atom is 0.0541 e. The van der Waals surface area contributed by atoms with Gasteiger partial charge in [0.15, 0.2) is 0 Å². The first-order valence-electron chi connectivity index (χ1n) is 7.50. The molecule has 3 aromatic carbocycles. The smallest absolute Gasteiger partial charge is 0.0541 e. The van der Waals surface area contributed by atoms with Gasteiger partial charge in [-0.3, -0.25) is 0 Å². The molecule has 0 radical (unpaired) electrons. The first-order chi connectivity index (χ1) is 10.8. The minimum absolute atomic E-state index is 1.15. The molecular formula is C21H17N. The van der Waals surface area contributed by atoms with Crippen LogP contribution in [-0.2, 0) is 0 Å². The SMILES string of the molecule is C=Cc1ccc2c(c1)c1cc(C)ccc1n2-c1ccccc1. The van der Waals surface area contributed by atoms with Crippen molar-refractivity contribution in [2.45, 2.75) is 6.92 Å². The van der Waals surface area contributed by atoms with E-state index in [1.54, 1.807) is 0 Å². The minimum Gasteiger partial charge on any atom is -0.309 e. The van der Waals surface area contributed by atoms with E-state index in [0.717, 1.165) is 5.56 Å². The van der Waals surface area contributed by atoms with Crippen LogP contribution in [0.4, 0.5) is 0 Å². The van der Waals surface area contributed by atoms with E-state index in [1.807, 2.05) is 6.08 Å². The third kappa shape index (κ3) is 1.86. The topological polar surface area (TPSA) is 4.93 Å². The summed E-state index contributed by atoms with van der Waals surface area (Å²) in [5.41, 5.74) is 6.10. The molecule has 0 aliphatic carbocycles. The number of para-hydroxylation sites is 1. The highest BCUT2D eigenvalue weighted by molar-refractivity contribution is 6.10. The summed E-state index contributed by atoms with van der Waals surface area (Å²) >= 11 is 0. The molecule has 0 N–H and O–H groups in total. The van der Waals surface area contributed by atoms with Crippen molar-refractivity contribution >= 4 is 27.9 Å². The van der Waals surface area contributed by atoms with E-state index in [1.165, 1.54) is 33.1 Å². The Hall–Kier alpha value is -2.80. The fourth-order valence-corrected chi connectivity index (χ4v) is 3.14. The molecule has 0 aliphatic rings. The first kappa shape index (κ1) is 12.9. The van der Waals surface area contributed by atoms with Crippen molar-refractivity contribution < 1.29 is 0 Å². The molecule has 4 rings (SSSR count). The molecule has 0 spiro atoms. The first-order valence-corrected chi connectivity index (χ1v) is 7.50. The minimum atomic E-state index is 1.15. The summed E-state index contributed by atoms with van der Waals surface area (Å²) in [6.45, 7) is 6.03. The number of rotatable bonds is 2. The summed E-state index contributed by atoms with van der Waals surface area (Å²) in [6.07, 6.45) is 1.90. The van der Waals surface area contributed by atoms with Crippen LogP contribution in [0.5, 0.6) is 0 Å². The zero-order valence-corrected chi connectivity index (χ0v) is 12.6. The Morgan fingerprint density at radius 1 is 0.818 bits per heavy atom. The molecule has 0 atom stereocenters. The molecule has 0 aliphatic heterocycles. The van der Waals surface area contributed by atoms with Crippen LogP contribution in [0.3, 0.4) is 0 Å². The van der Waals surface area contributed by atoms with Gasteiger partial charge in [-0.1, -0.05) is 48.6 Å². The lowest BCUT2D eigenvalue weighted by Gasteiger charge is -2.07. The second kappa shape index (κ2) is 4.88. The monoisotopic (exact) mass is 283 g/mol. The fraction of sp³-hybridized carbons (Fsp3) is 0.0476. The van der Waals surface area contributed by atoms with Crippen LogP contribution in [-0.4, -0.2) is 4.57 Å². The predicted molar refractivity (Wildman–Crippen MR) is 95.6 cm³/mol. The summed E-state index contributed by atoms with van der Waals surface area (Å²) in [4.78, 5) is 0. The highest BCUT2D eigenvalue weighted by Crippen LogP contribution is 2.33. The molecule has 0 saturated heterocycles. The molecule has 4 aromatic rings. The Morgan fingerprint density at radius 3 is 2.23 bits per heavy atom. The van der Waals surface area contributed by atoms with Crippen LogP contribution < -0.4 is 0 Å². The van der Waals surface area contributed by atoms with E-state index >= 15 is 0 Å². The van der Waals surface area contributed by atoms with Crippen LogP contribution in [0.15, 0.2) is 73.3 Å². The lowest BCUT2D eigenvalue weighted by molar-refractivity contribution is 1.18. The molecule has 106 valence electrons. The zero-order chi connectivity index (χ0) is 15.1. The van der Waals surface area contributed by atoms with Gasteiger partial charge in [-0.2, -0.15) is 0 Å². The summed E-state index contributed by atoms with van der Waals surface area (Å²) in [5.74, 6) is 0. The summed E-state index contributed by atoms with van der Waals surface area (Å²) < 4.78 is 2.33. The van der Waals surface area contributed by atoms with Crippen molar-refractivity contribution in [1.29, 1.82) is 0 Å². The number of nitrogens with zero attached hydrogens (tertiary/aromatic N) is 1. The maximum absolute atomic E-state index is 3.89. The second-order valence-electron chi connectivity index (χ2n) is 5.67. The average molecular weight is 283 g/mol. The Morgan fingerprint density at radius 2 is 1.50 bits per heavy atom. The molecule has 1 nitrogen and oxygen atoms in total. The van der Waals surface area contributed by atoms with E-state index in [0.29, 0.717) is 0 Å². The van der Waals surface area contributed by atoms with Gasteiger partial charge in [0.05, 0.1) is 11.0 Å². The van der Waals surface area contributed by atoms with Crippen LogP contribution in [0, 0.1) is 6.92 Å². The highest BCUT2D eigenvalue weighted by Gasteiger charge is 2.12. The van der Waals surface area contributed by atoms with Crippen LogP contribution >= 0.6 is 0 Å². The summed E-state index contributed by atoms with van der Waals surface area (Å²) in [6, 6.07) is 23.7. The standard InChI is InChI=1S/C21H17N/c1-3-16-10-12-21-19(14-16)18-13-15(2)9-11-20(18)22(21)17-7-5-4-6-8-17/h3-14H,1H2,2H3. The summed E-state index contributed by atoms with van der Waals surface area (Å²) in [5, 5.41) is 2.57. The zero-order valence-electron chi connectivity index (χ0n) is 12.6. The van der Waals surface area contributed by atoms with Crippen molar-refractivity contribution in [3.63, 3.8) is 0 Å². The molecular weight excluding hydrogens is 266 g/mol. The van der Waals surface area contributed by atoms with Crippen molar-refractivity contribution in [1.82, 2.24) is 4.57 Å². The molecule has 0 saturated carbocycles.